The molecule has 0 saturated carbocycles. The van der Waals surface area contributed by atoms with Crippen molar-refractivity contribution in [2.45, 2.75) is 25.3 Å². The highest BCUT2D eigenvalue weighted by molar-refractivity contribution is 5.76. The number of nitrogens with one attached hydrogen (secondary N) is 1. The van der Waals surface area contributed by atoms with Gasteiger partial charge in [-0.25, -0.2) is 4.98 Å². The summed E-state index contributed by atoms with van der Waals surface area (Å²) in [5, 5.41) is 0. The first-order valence-electron chi connectivity index (χ1n) is 9.66. The maximum atomic E-state index is 5.39. The van der Waals surface area contributed by atoms with E-state index in [4.69, 9.17) is 19.2 Å². The van der Waals surface area contributed by atoms with Crippen molar-refractivity contribution in [1.29, 1.82) is 0 Å². The molecular weight excluding hydrogens is 354 g/mol. The van der Waals surface area contributed by atoms with E-state index in [1.54, 1.807) is 21.3 Å². The number of aromatic amines is 1. The Morgan fingerprint density at radius 1 is 0.929 bits per heavy atom. The summed E-state index contributed by atoms with van der Waals surface area (Å²) in [5.41, 5.74) is 3.26. The van der Waals surface area contributed by atoms with E-state index in [1.807, 2.05) is 24.3 Å². The largest absolute Gasteiger partial charge is 0.497 e. The fourth-order valence-electron chi connectivity index (χ4n) is 3.91. The van der Waals surface area contributed by atoms with Crippen LogP contribution < -0.4 is 14.2 Å². The highest BCUT2D eigenvalue weighted by Crippen LogP contribution is 2.30. The Hall–Kier alpha value is -2.73. The van der Waals surface area contributed by atoms with Gasteiger partial charge in [-0.3, -0.25) is 4.90 Å². The van der Waals surface area contributed by atoms with Crippen LogP contribution in [0.4, 0.5) is 0 Å². The van der Waals surface area contributed by atoms with E-state index in [0.717, 1.165) is 66.6 Å². The molecule has 1 saturated heterocycles. The number of H-pyrrole nitrogens is 1. The number of ether oxygens (including phenoxy) is 3. The molecule has 4 rings (SSSR count). The van der Waals surface area contributed by atoms with Crippen LogP contribution in [-0.2, 0) is 6.54 Å². The molecule has 28 heavy (non-hydrogen) atoms. The number of imidazole rings is 1. The smallest absolute Gasteiger partial charge is 0.122 e. The highest BCUT2D eigenvalue weighted by atomic mass is 16.5. The predicted octanol–water partition coefficient (Wildman–Crippen LogP) is 3.97. The van der Waals surface area contributed by atoms with Gasteiger partial charge in [-0.1, -0.05) is 0 Å². The maximum Gasteiger partial charge on any atom is 0.122 e. The van der Waals surface area contributed by atoms with Gasteiger partial charge in [0.1, 0.15) is 23.1 Å². The Balaban J connectivity index is 1.41. The molecule has 0 unspecified atom stereocenters. The molecule has 0 amide bonds. The molecule has 0 aliphatic carbocycles. The van der Waals surface area contributed by atoms with Crippen LogP contribution in [0, 0.1) is 0 Å². The van der Waals surface area contributed by atoms with E-state index < -0.39 is 0 Å². The van der Waals surface area contributed by atoms with Gasteiger partial charge in [0.05, 0.1) is 32.4 Å². The number of fused-ring (bicyclic) bond motifs is 1. The lowest BCUT2D eigenvalue weighted by Gasteiger charge is -2.31. The third kappa shape index (κ3) is 3.92. The number of hydrogen-bond acceptors (Lipinski definition) is 5. The quantitative estimate of drug-likeness (QED) is 0.700. The van der Waals surface area contributed by atoms with Gasteiger partial charge < -0.3 is 19.2 Å². The summed E-state index contributed by atoms with van der Waals surface area (Å²) >= 11 is 0. The van der Waals surface area contributed by atoms with E-state index in [0.29, 0.717) is 5.92 Å². The summed E-state index contributed by atoms with van der Waals surface area (Å²) in [6.07, 6.45) is 2.19. The summed E-state index contributed by atoms with van der Waals surface area (Å²) in [4.78, 5) is 10.8. The number of hydrogen-bond donors (Lipinski definition) is 1. The zero-order valence-electron chi connectivity index (χ0n) is 16.7. The van der Waals surface area contributed by atoms with E-state index >= 15 is 0 Å². The summed E-state index contributed by atoms with van der Waals surface area (Å²) in [5.74, 6) is 4.08. The Bertz CT molecular complexity index is 923. The fraction of sp³-hybridized carbons (Fsp3) is 0.409. The van der Waals surface area contributed by atoms with Crippen LogP contribution in [0.15, 0.2) is 36.4 Å². The fourth-order valence-corrected chi connectivity index (χ4v) is 3.91. The lowest BCUT2D eigenvalue weighted by atomic mass is 9.96. The molecule has 1 N–H and O–H groups in total. The van der Waals surface area contributed by atoms with Crippen LogP contribution in [-0.4, -0.2) is 49.3 Å². The number of rotatable bonds is 6. The summed E-state index contributed by atoms with van der Waals surface area (Å²) in [6.45, 7) is 2.99. The first-order valence-corrected chi connectivity index (χ1v) is 9.66. The topological polar surface area (TPSA) is 59.6 Å². The van der Waals surface area contributed by atoms with Gasteiger partial charge in [0.25, 0.3) is 0 Å². The number of piperidine rings is 1. The van der Waals surface area contributed by atoms with Crippen molar-refractivity contribution < 1.29 is 14.2 Å². The molecule has 0 radical (unpaired) electrons. The standard InChI is InChI=1S/C22H27N3O3/c1-26-17-4-5-20-21(13-17)24-22(23-20)16-6-8-25(9-7-16)14-15-10-18(27-2)12-19(11-15)28-3/h4-5,10-13,16H,6-9,14H2,1-3H3,(H,23,24). The minimum atomic E-state index is 0.467. The number of benzene rings is 2. The van der Waals surface area contributed by atoms with Crippen molar-refractivity contribution >= 4 is 11.0 Å². The van der Waals surface area contributed by atoms with E-state index in [2.05, 4.69) is 22.0 Å². The van der Waals surface area contributed by atoms with Gasteiger partial charge in [0.15, 0.2) is 0 Å². The molecule has 148 valence electrons. The molecule has 3 aromatic rings. The molecule has 6 nitrogen and oxygen atoms in total. The average Bonchev–Trinajstić information content (AvgIpc) is 3.17. The van der Waals surface area contributed by atoms with Crippen molar-refractivity contribution in [2.75, 3.05) is 34.4 Å². The van der Waals surface area contributed by atoms with Crippen LogP contribution in [0.3, 0.4) is 0 Å². The number of aromatic nitrogens is 2. The Morgan fingerprint density at radius 3 is 2.25 bits per heavy atom. The second-order valence-corrected chi connectivity index (χ2v) is 7.28. The third-order valence-electron chi connectivity index (χ3n) is 5.50. The van der Waals surface area contributed by atoms with Gasteiger partial charge in [-0.05, 0) is 55.8 Å². The number of nitrogens with zero attached hydrogens (tertiary/aromatic N) is 2. The highest BCUT2D eigenvalue weighted by Gasteiger charge is 2.23. The number of likely N-dealkylation sites (tertiary alicyclic amines) is 1. The normalized spacial score (nSPS) is 15.7. The van der Waals surface area contributed by atoms with Gasteiger partial charge in [0, 0.05) is 24.6 Å². The van der Waals surface area contributed by atoms with Crippen molar-refractivity contribution in [3.63, 3.8) is 0 Å². The Kier molecular flexibility index (Phi) is 5.39. The van der Waals surface area contributed by atoms with Gasteiger partial charge in [-0.15, -0.1) is 0 Å². The zero-order valence-corrected chi connectivity index (χ0v) is 16.7. The first kappa shape index (κ1) is 18.6. The summed E-state index contributed by atoms with van der Waals surface area (Å²) in [7, 11) is 5.06. The maximum absolute atomic E-state index is 5.39. The molecule has 6 heteroatoms. The summed E-state index contributed by atoms with van der Waals surface area (Å²) in [6, 6.07) is 12.1. The van der Waals surface area contributed by atoms with Crippen molar-refractivity contribution in [3.05, 3.63) is 47.8 Å². The van der Waals surface area contributed by atoms with Crippen LogP contribution in [0.25, 0.3) is 11.0 Å². The Labute approximate surface area is 165 Å². The molecule has 0 atom stereocenters. The van der Waals surface area contributed by atoms with Crippen LogP contribution in [0.5, 0.6) is 17.2 Å². The lowest BCUT2D eigenvalue weighted by molar-refractivity contribution is 0.202. The average molecular weight is 381 g/mol. The van der Waals surface area contributed by atoms with Crippen LogP contribution >= 0.6 is 0 Å². The third-order valence-corrected chi connectivity index (χ3v) is 5.50. The van der Waals surface area contributed by atoms with Crippen LogP contribution in [0.1, 0.15) is 30.1 Å². The molecule has 1 aliphatic heterocycles. The second-order valence-electron chi connectivity index (χ2n) is 7.28. The lowest BCUT2D eigenvalue weighted by Crippen LogP contribution is -2.32. The molecule has 1 fully saturated rings. The van der Waals surface area contributed by atoms with E-state index in [9.17, 15) is 0 Å². The minimum Gasteiger partial charge on any atom is -0.497 e. The zero-order chi connectivity index (χ0) is 19.5. The van der Waals surface area contributed by atoms with E-state index in [-0.39, 0.29) is 0 Å². The van der Waals surface area contributed by atoms with Gasteiger partial charge in [-0.2, -0.15) is 0 Å². The summed E-state index contributed by atoms with van der Waals surface area (Å²) < 4.78 is 16.1. The SMILES string of the molecule is COc1cc(CN2CCC(c3nc4ccc(OC)cc4[nH]3)CC2)cc(OC)c1. The molecule has 1 aromatic heterocycles. The van der Waals surface area contributed by atoms with Gasteiger partial charge >= 0.3 is 0 Å². The number of methoxy groups -OCH3 is 3. The Morgan fingerprint density at radius 2 is 1.61 bits per heavy atom. The molecule has 2 aromatic carbocycles. The minimum absolute atomic E-state index is 0.467. The van der Waals surface area contributed by atoms with Crippen molar-refractivity contribution in [1.82, 2.24) is 14.9 Å². The van der Waals surface area contributed by atoms with E-state index in [1.165, 1.54) is 5.56 Å². The second kappa shape index (κ2) is 8.10. The molecule has 0 spiro atoms. The molecular formula is C22H27N3O3. The van der Waals surface area contributed by atoms with Crippen LogP contribution in [0.2, 0.25) is 0 Å². The predicted molar refractivity (Wildman–Crippen MR) is 109 cm³/mol. The van der Waals surface area contributed by atoms with Crippen molar-refractivity contribution in [3.8, 4) is 17.2 Å². The first-order chi connectivity index (χ1) is 13.7. The molecule has 0 bridgehead atoms. The van der Waals surface area contributed by atoms with Crippen molar-refractivity contribution in [2.24, 2.45) is 0 Å². The molecule has 2 heterocycles. The monoisotopic (exact) mass is 381 g/mol. The van der Waals surface area contributed by atoms with Gasteiger partial charge in [0.2, 0.25) is 0 Å². The molecule has 1 aliphatic rings.